The molecule has 39 heavy (non-hydrogen) atoms. The Hall–Kier alpha value is -2.98. The molecule has 1 aromatic carbocycles. The van der Waals surface area contributed by atoms with E-state index in [4.69, 9.17) is 0 Å². The summed E-state index contributed by atoms with van der Waals surface area (Å²) in [6.45, 7) is 18.7. The van der Waals surface area contributed by atoms with Crippen LogP contribution < -0.4 is 31.1 Å². The van der Waals surface area contributed by atoms with E-state index in [1.54, 1.807) is 6.07 Å². The lowest BCUT2D eigenvalue weighted by Crippen LogP contribution is -2.68. The number of benzene rings is 1. The first-order valence-corrected chi connectivity index (χ1v) is 13.8. The molecule has 1 aromatic rings. The van der Waals surface area contributed by atoms with Crippen LogP contribution in [0.1, 0.15) is 86.6 Å². The van der Waals surface area contributed by atoms with Crippen LogP contribution in [0.3, 0.4) is 0 Å². The molecule has 4 aliphatic rings. The number of hydrogen-bond donors (Lipinski definition) is 6. The van der Waals surface area contributed by atoms with Gasteiger partial charge in [0.05, 0.1) is 11.4 Å². The number of amidine groups is 2. The molecule has 6 N–H and O–H groups in total. The molecule has 0 saturated carbocycles. The molecule has 4 amide bonds. The van der Waals surface area contributed by atoms with Crippen molar-refractivity contribution in [1.29, 1.82) is 10.8 Å². The monoisotopic (exact) mass is 536 g/mol. The Morgan fingerprint density at radius 3 is 1.49 bits per heavy atom. The van der Waals surface area contributed by atoms with E-state index in [-0.39, 0.29) is 45.9 Å². The lowest BCUT2D eigenvalue weighted by Gasteiger charge is -2.51. The van der Waals surface area contributed by atoms with E-state index in [2.05, 4.69) is 76.7 Å². The normalized spacial score (nSPS) is 27.7. The molecule has 4 heterocycles. The fraction of sp³-hybridized carbons (Fsp3) is 0.655. The van der Waals surface area contributed by atoms with Crippen LogP contribution in [0.15, 0.2) is 18.2 Å². The number of carbonyl (C=O) groups excluding carboxylic acids is 2. The molecule has 0 radical (unpaired) electrons. The van der Waals surface area contributed by atoms with Crippen LogP contribution in [0, 0.1) is 17.7 Å². The zero-order valence-electron chi connectivity index (χ0n) is 24.8. The summed E-state index contributed by atoms with van der Waals surface area (Å²) in [4.78, 5) is 29.8. The van der Waals surface area contributed by atoms with Crippen molar-refractivity contribution in [2.45, 2.75) is 121 Å². The van der Waals surface area contributed by atoms with E-state index < -0.39 is 11.1 Å². The molecule has 212 valence electrons. The van der Waals surface area contributed by atoms with E-state index >= 15 is 0 Å². The summed E-state index contributed by atoms with van der Waals surface area (Å²) in [5.74, 6) is 0.430. The van der Waals surface area contributed by atoms with Gasteiger partial charge in [0, 0.05) is 22.2 Å². The first-order valence-electron chi connectivity index (χ1n) is 13.8. The van der Waals surface area contributed by atoms with Gasteiger partial charge in [-0.05, 0) is 106 Å². The van der Waals surface area contributed by atoms with Crippen molar-refractivity contribution in [3.8, 4) is 0 Å². The van der Waals surface area contributed by atoms with Gasteiger partial charge in [-0.2, -0.15) is 0 Å². The van der Waals surface area contributed by atoms with Gasteiger partial charge in [0.15, 0.2) is 0 Å². The molecule has 0 bridgehead atoms. The summed E-state index contributed by atoms with van der Waals surface area (Å²) >= 11 is 0. The van der Waals surface area contributed by atoms with Crippen molar-refractivity contribution >= 4 is 35.1 Å². The van der Waals surface area contributed by atoms with Crippen LogP contribution in [-0.4, -0.2) is 57.0 Å². The number of aryl methyl sites for hydroxylation is 1. The number of hydrogen-bond acceptors (Lipinski definition) is 6. The molecular formula is C29H44N8O2. The summed E-state index contributed by atoms with van der Waals surface area (Å²) in [6, 6.07) is 4.75. The van der Waals surface area contributed by atoms with Crippen LogP contribution >= 0.6 is 0 Å². The lowest BCUT2D eigenvalue weighted by atomic mass is 9.70. The Morgan fingerprint density at radius 1 is 0.667 bits per heavy atom. The third-order valence-corrected chi connectivity index (χ3v) is 8.47. The summed E-state index contributed by atoms with van der Waals surface area (Å²) in [5, 5.41) is 32.0. The fourth-order valence-corrected chi connectivity index (χ4v) is 8.39. The number of piperidine rings is 2. The Labute approximate surface area is 231 Å². The highest BCUT2D eigenvalue weighted by molar-refractivity contribution is 6.27. The van der Waals surface area contributed by atoms with Gasteiger partial charge >= 0.3 is 12.1 Å². The minimum Gasteiger partial charge on any atom is -0.325 e. The van der Waals surface area contributed by atoms with E-state index in [0.717, 1.165) is 5.56 Å². The summed E-state index contributed by atoms with van der Waals surface area (Å²) in [7, 11) is 0. The SMILES string of the molecule is Cc1ccc(N2C(=N)C3(CC(C)(C)NC(C)(C)C3)NC2=O)cc1N1C(=N)C2(CC(C)(C)NC(C)(C)C2)NC1=O. The van der Waals surface area contributed by atoms with Gasteiger partial charge in [0.2, 0.25) is 0 Å². The van der Waals surface area contributed by atoms with Crippen molar-refractivity contribution in [2.75, 3.05) is 9.80 Å². The number of amides is 4. The fourth-order valence-electron chi connectivity index (χ4n) is 8.39. The van der Waals surface area contributed by atoms with Gasteiger partial charge in [0.1, 0.15) is 22.7 Å². The molecule has 10 heteroatoms. The van der Waals surface area contributed by atoms with Crippen molar-refractivity contribution in [2.24, 2.45) is 0 Å². The Morgan fingerprint density at radius 2 is 1.05 bits per heavy atom. The zero-order valence-corrected chi connectivity index (χ0v) is 24.8. The quantitative estimate of drug-likeness (QED) is 0.334. The second kappa shape index (κ2) is 8.04. The van der Waals surface area contributed by atoms with Crippen molar-refractivity contribution in [3.05, 3.63) is 23.8 Å². The van der Waals surface area contributed by atoms with Crippen LogP contribution in [0.2, 0.25) is 0 Å². The van der Waals surface area contributed by atoms with Gasteiger partial charge in [-0.1, -0.05) is 6.07 Å². The molecule has 0 aromatic heterocycles. The predicted octanol–water partition coefficient (Wildman–Crippen LogP) is 4.37. The topological polar surface area (TPSA) is 136 Å². The lowest BCUT2D eigenvalue weighted by molar-refractivity contribution is 0.127. The largest absolute Gasteiger partial charge is 0.328 e. The third kappa shape index (κ3) is 4.51. The minimum absolute atomic E-state index is 0.212. The second-order valence-corrected chi connectivity index (χ2v) is 14.9. The van der Waals surface area contributed by atoms with Crippen molar-refractivity contribution in [1.82, 2.24) is 21.3 Å². The Balaban J connectivity index is 1.51. The highest BCUT2D eigenvalue weighted by Crippen LogP contribution is 2.44. The summed E-state index contributed by atoms with van der Waals surface area (Å²) in [5.41, 5.74) is -0.825. The summed E-state index contributed by atoms with van der Waals surface area (Å²) < 4.78 is 0. The first kappa shape index (κ1) is 27.6. The van der Waals surface area contributed by atoms with Gasteiger partial charge in [-0.25, -0.2) is 19.4 Å². The van der Waals surface area contributed by atoms with Gasteiger partial charge in [-0.15, -0.1) is 0 Å². The van der Waals surface area contributed by atoms with Gasteiger partial charge in [-0.3, -0.25) is 10.8 Å². The van der Waals surface area contributed by atoms with E-state index in [0.29, 0.717) is 37.1 Å². The second-order valence-electron chi connectivity index (χ2n) is 14.9. The number of carbonyl (C=O) groups is 2. The van der Waals surface area contributed by atoms with E-state index in [1.807, 2.05) is 19.1 Å². The standard InChI is InChI=1S/C29H44N8O2/c1-17-10-11-18(36-20(30)28(32-22(36)38)13-24(2,3)34-25(4,5)14-28)12-19(17)37-21(31)29(33-23(37)39)15-26(6,7)35-27(8,9)16-29/h10-12,30-31,34-35H,13-16H2,1-9H3,(H,32,38)(H,33,39). The average molecular weight is 537 g/mol. The van der Waals surface area contributed by atoms with Crippen molar-refractivity contribution < 1.29 is 9.59 Å². The third-order valence-electron chi connectivity index (χ3n) is 8.47. The van der Waals surface area contributed by atoms with E-state index in [9.17, 15) is 20.4 Å². The smallest absolute Gasteiger partial charge is 0.325 e. The molecule has 2 spiro atoms. The number of nitrogens with one attached hydrogen (secondary N) is 6. The zero-order chi connectivity index (χ0) is 29.0. The molecule has 0 unspecified atom stereocenters. The van der Waals surface area contributed by atoms with Gasteiger partial charge in [0.25, 0.3) is 0 Å². The number of nitrogens with zero attached hydrogens (tertiary/aromatic N) is 2. The molecule has 0 atom stereocenters. The van der Waals surface area contributed by atoms with Gasteiger partial charge < -0.3 is 21.3 Å². The molecule has 4 saturated heterocycles. The van der Waals surface area contributed by atoms with Crippen LogP contribution in [0.5, 0.6) is 0 Å². The maximum absolute atomic E-state index is 13.5. The van der Waals surface area contributed by atoms with E-state index in [1.165, 1.54) is 9.80 Å². The van der Waals surface area contributed by atoms with Crippen molar-refractivity contribution in [3.63, 3.8) is 0 Å². The maximum Gasteiger partial charge on any atom is 0.328 e. The highest BCUT2D eigenvalue weighted by atomic mass is 16.2. The molecular weight excluding hydrogens is 492 g/mol. The predicted molar refractivity (Wildman–Crippen MR) is 155 cm³/mol. The molecule has 0 aliphatic carbocycles. The number of anilines is 2. The Kier molecular flexibility index (Phi) is 5.68. The number of rotatable bonds is 2. The number of urea groups is 2. The molecule has 5 rings (SSSR count). The minimum atomic E-state index is -0.800. The maximum atomic E-state index is 13.5. The first-order chi connectivity index (χ1) is 17.7. The average Bonchev–Trinajstić information content (AvgIpc) is 3.06. The molecule has 4 fully saturated rings. The molecule has 10 nitrogen and oxygen atoms in total. The molecule has 4 aliphatic heterocycles. The highest BCUT2D eigenvalue weighted by Gasteiger charge is 2.58. The van der Waals surface area contributed by atoms with Crippen LogP contribution in [0.4, 0.5) is 21.0 Å². The Bertz CT molecular complexity index is 1260. The van der Waals surface area contributed by atoms with Crippen LogP contribution in [0.25, 0.3) is 0 Å². The van der Waals surface area contributed by atoms with Crippen LogP contribution in [-0.2, 0) is 0 Å². The summed E-state index contributed by atoms with van der Waals surface area (Å²) in [6.07, 6.45) is 2.35.